The second-order valence-corrected chi connectivity index (χ2v) is 4.83. The van der Waals surface area contributed by atoms with Crippen LogP contribution in [0.2, 0.25) is 0 Å². The number of ether oxygens (including phenoxy) is 3. The summed E-state index contributed by atoms with van der Waals surface area (Å²) >= 11 is 0. The normalized spacial score (nSPS) is 19.7. The maximum absolute atomic E-state index is 11.3. The zero-order chi connectivity index (χ0) is 13.1. The molecule has 1 fully saturated rings. The van der Waals surface area contributed by atoms with Gasteiger partial charge in [0.2, 0.25) is 0 Å². The van der Waals surface area contributed by atoms with Crippen LogP contribution in [0.3, 0.4) is 0 Å². The number of hydrogen-bond donors (Lipinski definition) is 0. The molecule has 1 aliphatic rings. The Bertz CT molecular complexity index is 327. The van der Waals surface area contributed by atoms with E-state index in [4.69, 9.17) is 9.47 Å². The van der Waals surface area contributed by atoms with Crippen LogP contribution < -0.4 is 0 Å². The van der Waals surface area contributed by atoms with Crippen LogP contribution in [0.1, 0.15) is 27.2 Å². The summed E-state index contributed by atoms with van der Waals surface area (Å²) in [6, 6.07) is 0. The number of carbonyl (C=O) groups excluding carboxylic acids is 3. The summed E-state index contributed by atoms with van der Waals surface area (Å²) in [5, 5.41) is 0. The molecule has 17 heavy (non-hydrogen) atoms. The summed E-state index contributed by atoms with van der Waals surface area (Å²) in [5.41, 5.74) is -0.660. The van der Waals surface area contributed by atoms with Gasteiger partial charge in [-0.2, -0.15) is 0 Å². The van der Waals surface area contributed by atoms with Crippen LogP contribution >= 0.6 is 0 Å². The minimum atomic E-state index is -0.675. The quantitative estimate of drug-likeness (QED) is 0.529. The highest BCUT2D eigenvalue weighted by atomic mass is 16.6. The molecule has 0 bridgehead atoms. The Labute approximate surface area is 99.2 Å². The van der Waals surface area contributed by atoms with E-state index in [0.29, 0.717) is 0 Å². The Morgan fingerprint density at radius 1 is 1.41 bits per heavy atom. The van der Waals surface area contributed by atoms with Crippen molar-refractivity contribution in [3.63, 3.8) is 0 Å². The number of esters is 3. The monoisotopic (exact) mass is 244 g/mol. The summed E-state index contributed by atoms with van der Waals surface area (Å²) in [6.07, 6.45) is -0.512. The molecular weight excluding hydrogens is 228 g/mol. The fourth-order valence-electron chi connectivity index (χ4n) is 1.13. The molecule has 1 atom stereocenters. The Balaban J connectivity index is 2.26. The van der Waals surface area contributed by atoms with Gasteiger partial charge >= 0.3 is 17.9 Å². The third-order valence-electron chi connectivity index (χ3n) is 2.06. The Hall–Kier alpha value is -1.59. The topological polar surface area (TPSA) is 78.9 Å². The van der Waals surface area contributed by atoms with Crippen LogP contribution in [0.15, 0.2) is 0 Å². The van der Waals surface area contributed by atoms with Gasteiger partial charge in [-0.05, 0) is 20.8 Å². The van der Waals surface area contributed by atoms with Crippen molar-refractivity contribution in [1.82, 2.24) is 0 Å². The lowest BCUT2D eigenvalue weighted by molar-refractivity contribution is -0.166. The van der Waals surface area contributed by atoms with Crippen molar-refractivity contribution in [2.45, 2.75) is 33.3 Å². The van der Waals surface area contributed by atoms with Crippen LogP contribution in [0.25, 0.3) is 0 Å². The molecule has 1 saturated heterocycles. The third kappa shape index (κ3) is 4.42. The van der Waals surface area contributed by atoms with Crippen LogP contribution in [0.5, 0.6) is 0 Å². The van der Waals surface area contributed by atoms with Crippen molar-refractivity contribution in [3.05, 3.63) is 0 Å². The molecule has 0 aromatic rings. The van der Waals surface area contributed by atoms with Crippen molar-refractivity contribution < 1.29 is 28.6 Å². The van der Waals surface area contributed by atoms with Gasteiger partial charge in [-0.3, -0.25) is 9.59 Å². The maximum Gasteiger partial charge on any atom is 0.344 e. The Morgan fingerprint density at radius 3 is 2.53 bits per heavy atom. The van der Waals surface area contributed by atoms with Gasteiger partial charge in [0.1, 0.15) is 12.7 Å². The molecule has 1 rings (SSSR count). The molecule has 0 amide bonds. The lowest BCUT2D eigenvalue weighted by Crippen LogP contribution is -2.28. The average molecular weight is 244 g/mol. The highest BCUT2D eigenvalue weighted by Gasteiger charge is 2.28. The van der Waals surface area contributed by atoms with E-state index in [2.05, 4.69) is 4.74 Å². The van der Waals surface area contributed by atoms with Gasteiger partial charge in [0, 0.05) is 0 Å². The predicted molar refractivity (Wildman–Crippen MR) is 55.9 cm³/mol. The van der Waals surface area contributed by atoms with Crippen molar-refractivity contribution in [2.75, 3.05) is 13.2 Å². The van der Waals surface area contributed by atoms with Gasteiger partial charge in [-0.1, -0.05) is 0 Å². The first-order valence-electron chi connectivity index (χ1n) is 5.31. The highest BCUT2D eigenvalue weighted by Crippen LogP contribution is 2.15. The van der Waals surface area contributed by atoms with Crippen LogP contribution in [-0.4, -0.2) is 37.2 Å². The molecule has 0 saturated carbocycles. The molecule has 96 valence electrons. The third-order valence-corrected chi connectivity index (χ3v) is 2.06. The Morgan fingerprint density at radius 2 is 2.06 bits per heavy atom. The van der Waals surface area contributed by atoms with Crippen molar-refractivity contribution in [2.24, 2.45) is 5.41 Å². The fraction of sp³-hybridized carbons (Fsp3) is 0.727. The second kappa shape index (κ2) is 5.16. The molecule has 6 heteroatoms. The van der Waals surface area contributed by atoms with Crippen molar-refractivity contribution >= 4 is 17.9 Å². The molecule has 1 unspecified atom stereocenters. The molecule has 0 N–H and O–H groups in total. The van der Waals surface area contributed by atoms with E-state index in [1.54, 1.807) is 20.8 Å². The lowest BCUT2D eigenvalue weighted by Gasteiger charge is -2.16. The van der Waals surface area contributed by atoms with Gasteiger partial charge in [-0.25, -0.2) is 4.79 Å². The molecule has 0 aliphatic carbocycles. The summed E-state index contributed by atoms with van der Waals surface area (Å²) < 4.78 is 14.3. The molecule has 6 nitrogen and oxygen atoms in total. The van der Waals surface area contributed by atoms with Crippen LogP contribution in [0.4, 0.5) is 0 Å². The molecule has 1 aliphatic heterocycles. The molecule has 0 spiro atoms. The minimum absolute atomic E-state index is 0.0545. The zero-order valence-corrected chi connectivity index (χ0v) is 10.1. The average Bonchev–Trinajstić information content (AvgIpc) is 2.58. The second-order valence-electron chi connectivity index (χ2n) is 4.83. The van der Waals surface area contributed by atoms with Crippen LogP contribution in [-0.2, 0) is 28.6 Å². The minimum Gasteiger partial charge on any atom is -0.462 e. The maximum atomic E-state index is 11.3. The van der Waals surface area contributed by atoms with Gasteiger partial charge in [-0.15, -0.1) is 0 Å². The van der Waals surface area contributed by atoms with Crippen molar-refractivity contribution in [3.8, 4) is 0 Å². The van der Waals surface area contributed by atoms with Crippen molar-refractivity contribution in [1.29, 1.82) is 0 Å². The Kier molecular flexibility index (Phi) is 4.09. The number of rotatable bonds is 3. The lowest BCUT2D eigenvalue weighted by atomic mass is 9.97. The largest absolute Gasteiger partial charge is 0.462 e. The van der Waals surface area contributed by atoms with E-state index in [0.717, 1.165) is 0 Å². The van der Waals surface area contributed by atoms with Gasteiger partial charge in [0.15, 0.2) is 6.61 Å². The zero-order valence-electron chi connectivity index (χ0n) is 10.1. The SMILES string of the molecule is CC(C)(C)C(=O)OCC(=O)OC1COC(=O)C1. The number of cyclic esters (lactones) is 1. The van der Waals surface area contributed by atoms with E-state index in [1.165, 1.54) is 0 Å². The van der Waals surface area contributed by atoms with E-state index >= 15 is 0 Å². The van der Waals surface area contributed by atoms with Gasteiger partial charge < -0.3 is 14.2 Å². The first-order valence-corrected chi connectivity index (χ1v) is 5.31. The summed E-state index contributed by atoms with van der Waals surface area (Å²) in [6.45, 7) is 4.68. The highest BCUT2D eigenvalue weighted by molar-refractivity contribution is 5.80. The molecule has 0 aromatic heterocycles. The standard InChI is InChI=1S/C11H16O6/c1-11(2,3)10(14)16-6-9(13)17-7-4-8(12)15-5-7/h7H,4-6H2,1-3H3. The molecule has 1 heterocycles. The summed E-state index contributed by atoms with van der Waals surface area (Å²) in [4.78, 5) is 33.4. The number of hydrogen-bond acceptors (Lipinski definition) is 6. The first-order chi connectivity index (χ1) is 7.79. The number of carbonyl (C=O) groups is 3. The van der Waals surface area contributed by atoms with E-state index in [9.17, 15) is 14.4 Å². The van der Waals surface area contributed by atoms with Gasteiger partial charge in [0.05, 0.1) is 11.8 Å². The molecule has 0 radical (unpaired) electrons. The first kappa shape index (κ1) is 13.5. The molecular formula is C11H16O6. The van der Waals surface area contributed by atoms with E-state index < -0.39 is 36.0 Å². The smallest absolute Gasteiger partial charge is 0.344 e. The fourth-order valence-corrected chi connectivity index (χ4v) is 1.13. The van der Waals surface area contributed by atoms with E-state index in [1.807, 2.05) is 0 Å². The van der Waals surface area contributed by atoms with Gasteiger partial charge in [0.25, 0.3) is 0 Å². The molecule has 0 aromatic carbocycles. The van der Waals surface area contributed by atoms with Crippen LogP contribution in [0, 0.1) is 5.41 Å². The predicted octanol–water partition coefficient (Wildman–Crippen LogP) is 0.434. The van der Waals surface area contributed by atoms with E-state index in [-0.39, 0.29) is 13.0 Å². The summed E-state index contributed by atoms with van der Waals surface area (Å²) in [5.74, 6) is -1.55. The summed E-state index contributed by atoms with van der Waals surface area (Å²) in [7, 11) is 0.